The number of hydrogen-bond acceptors (Lipinski definition) is 3. The lowest BCUT2D eigenvalue weighted by atomic mass is 9.77. The van der Waals surface area contributed by atoms with Gasteiger partial charge in [0.1, 0.15) is 0 Å². The first kappa shape index (κ1) is 13.5. The van der Waals surface area contributed by atoms with Crippen molar-refractivity contribution in [1.29, 1.82) is 0 Å². The van der Waals surface area contributed by atoms with E-state index in [-0.39, 0.29) is 24.2 Å². The van der Waals surface area contributed by atoms with Crippen molar-refractivity contribution < 1.29 is 9.59 Å². The van der Waals surface area contributed by atoms with Crippen LogP contribution in [0.1, 0.15) is 29.8 Å². The molecule has 17 heavy (non-hydrogen) atoms. The number of amides is 2. The zero-order valence-corrected chi connectivity index (χ0v) is 10.8. The van der Waals surface area contributed by atoms with Crippen molar-refractivity contribution in [2.24, 2.45) is 0 Å². The molecule has 0 saturated carbocycles. The van der Waals surface area contributed by atoms with E-state index < -0.39 is 5.41 Å². The van der Waals surface area contributed by atoms with Crippen LogP contribution in [0.2, 0.25) is 0 Å². The fraction of sp³-hybridized carbons (Fsp3) is 0.333. The number of fused-ring (bicyclic) bond motifs is 1. The summed E-state index contributed by atoms with van der Waals surface area (Å²) in [5.74, 6) is -0.471. The quantitative estimate of drug-likeness (QED) is 0.565. The molecule has 0 spiro atoms. The Morgan fingerprint density at radius 2 is 1.82 bits per heavy atom. The molecule has 2 rings (SSSR count). The van der Waals surface area contributed by atoms with E-state index in [0.717, 1.165) is 10.5 Å². The van der Waals surface area contributed by atoms with Crippen LogP contribution >= 0.6 is 12.4 Å². The van der Waals surface area contributed by atoms with Gasteiger partial charge in [-0.15, -0.1) is 12.4 Å². The first-order valence-corrected chi connectivity index (χ1v) is 5.08. The van der Waals surface area contributed by atoms with E-state index in [1.165, 1.54) is 7.05 Å². The Kier molecular flexibility index (Phi) is 3.21. The first-order chi connectivity index (χ1) is 7.35. The molecule has 0 saturated heterocycles. The topological polar surface area (TPSA) is 63.4 Å². The Bertz CT molecular complexity index is 497. The third-order valence-corrected chi connectivity index (χ3v) is 3.09. The van der Waals surface area contributed by atoms with Gasteiger partial charge in [0.2, 0.25) is 5.91 Å². The number of hydrogen-bond donors (Lipinski definition) is 1. The van der Waals surface area contributed by atoms with Crippen LogP contribution in [0.25, 0.3) is 0 Å². The van der Waals surface area contributed by atoms with Gasteiger partial charge in [0, 0.05) is 18.3 Å². The van der Waals surface area contributed by atoms with Gasteiger partial charge in [0.25, 0.3) is 5.91 Å². The van der Waals surface area contributed by atoms with Crippen molar-refractivity contribution in [3.63, 3.8) is 0 Å². The van der Waals surface area contributed by atoms with Crippen LogP contribution in [-0.4, -0.2) is 23.8 Å². The molecule has 0 bridgehead atoms. The molecule has 1 aliphatic heterocycles. The number of nitrogens with zero attached hydrogens (tertiary/aromatic N) is 1. The molecule has 5 heteroatoms. The molecular weight excluding hydrogens is 240 g/mol. The third kappa shape index (κ3) is 1.78. The number of nitrogens with two attached hydrogens (primary N) is 1. The molecule has 1 heterocycles. The van der Waals surface area contributed by atoms with Gasteiger partial charge in [0.05, 0.1) is 5.41 Å². The van der Waals surface area contributed by atoms with Crippen molar-refractivity contribution in [3.8, 4) is 0 Å². The zero-order valence-electron chi connectivity index (χ0n) is 9.98. The Labute approximate surface area is 106 Å². The van der Waals surface area contributed by atoms with Gasteiger partial charge in [-0.25, -0.2) is 0 Å². The predicted octanol–water partition coefficient (Wildman–Crippen LogP) is 1.58. The second-order valence-electron chi connectivity index (χ2n) is 4.60. The molecular formula is C12H15ClN2O2. The molecule has 1 aromatic carbocycles. The second-order valence-corrected chi connectivity index (χ2v) is 4.60. The zero-order chi connectivity index (χ0) is 12.1. The number of likely N-dealkylation sites (N-methyl/N-ethyl adjacent to an activating group) is 1. The van der Waals surface area contributed by atoms with E-state index in [1.807, 2.05) is 13.8 Å². The minimum atomic E-state index is -0.675. The Hall–Kier alpha value is -1.55. The van der Waals surface area contributed by atoms with Crippen molar-refractivity contribution in [2.45, 2.75) is 19.3 Å². The van der Waals surface area contributed by atoms with Crippen LogP contribution in [0.15, 0.2) is 18.2 Å². The van der Waals surface area contributed by atoms with Gasteiger partial charge in [-0.1, -0.05) is 6.07 Å². The molecule has 0 unspecified atom stereocenters. The molecule has 4 nitrogen and oxygen atoms in total. The van der Waals surface area contributed by atoms with E-state index in [2.05, 4.69) is 0 Å². The number of carbonyl (C=O) groups excluding carboxylic acids is 2. The average molecular weight is 255 g/mol. The fourth-order valence-electron chi connectivity index (χ4n) is 2.09. The summed E-state index contributed by atoms with van der Waals surface area (Å²) in [5, 5.41) is 0. The number of carbonyl (C=O) groups is 2. The van der Waals surface area contributed by atoms with Crippen LogP contribution in [-0.2, 0) is 10.2 Å². The van der Waals surface area contributed by atoms with E-state index in [9.17, 15) is 9.59 Å². The standard InChI is InChI=1S/C12H14N2O2.ClH/c1-12(2)9-5-4-7(13)6-8(9)10(15)14(3)11(12)16;/h4-6H,13H2,1-3H3;1H. The third-order valence-electron chi connectivity index (χ3n) is 3.09. The van der Waals surface area contributed by atoms with E-state index in [0.29, 0.717) is 11.3 Å². The molecule has 0 atom stereocenters. The highest BCUT2D eigenvalue weighted by atomic mass is 35.5. The SMILES string of the molecule is CN1C(=O)c2cc(N)ccc2C(C)(C)C1=O.Cl. The summed E-state index contributed by atoms with van der Waals surface area (Å²) >= 11 is 0. The maximum Gasteiger partial charge on any atom is 0.260 e. The maximum atomic E-state index is 12.0. The average Bonchev–Trinajstić information content (AvgIpc) is 2.24. The first-order valence-electron chi connectivity index (χ1n) is 5.08. The lowest BCUT2D eigenvalue weighted by molar-refractivity contribution is -0.133. The summed E-state index contributed by atoms with van der Waals surface area (Å²) in [6, 6.07) is 5.10. The van der Waals surface area contributed by atoms with Gasteiger partial charge in [-0.2, -0.15) is 0 Å². The van der Waals surface area contributed by atoms with Gasteiger partial charge < -0.3 is 5.73 Å². The monoisotopic (exact) mass is 254 g/mol. The van der Waals surface area contributed by atoms with Crippen molar-refractivity contribution >= 4 is 29.9 Å². The predicted molar refractivity (Wildman–Crippen MR) is 68.2 cm³/mol. The molecule has 1 aliphatic rings. The number of benzene rings is 1. The van der Waals surface area contributed by atoms with Crippen LogP contribution in [0, 0.1) is 0 Å². The second kappa shape index (κ2) is 4.04. The van der Waals surface area contributed by atoms with Gasteiger partial charge in [-0.3, -0.25) is 14.5 Å². The molecule has 92 valence electrons. The van der Waals surface area contributed by atoms with Crippen LogP contribution in [0.3, 0.4) is 0 Å². The number of anilines is 1. The highest BCUT2D eigenvalue weighted by molar-refractivity contribution is 6.13. The Morgan fingerprint density at radius 3 is 2.41 bits per heavy atom. The van der Waals surface area contributed by atoms with Gasteiger partial charge in [0.15, 0.2) is 0 Å². The lowest BCUT2D eigenvalue weighted by Gasteiger charge is -2.35. The van der Waals surface area contributed by atoms with Crippen molar-refractivity contribution in [2.75, 3.05) is 12.8 Å². The smallest absolute Gasteiger partial charge is 0.260 e. The summed E-state index contributed by atoms with van der Waals surface area (Å²) in [6.07, 6.45) is 0. The molecule has 0 fully saturated rings. The normalized spacial score (nSPS) is 17.5. The minimum Gasteiger partial charge on any atom is -0.399 e. The molecule has 1 aromatic rings. The minimum absolute atomic E-state index is 0. The van der Waals surface area contributed by atoms with E-state index in [4.69, 9.17) is 5.73 Å². The van der Waals surface area contributed by atoms with Crippen molar-refractivity contribution in [3.05, 3.63) is 29.3 Å². The van der Waals surface area contributed by atoms with E-state index in [1.54, 1.807) is 18.2 Å². The summed E-state index contributed by atoms with van der Waals surface area (Å²) in [4.78, 5) is 25.0. The number of halogens is 1. The van der Waals surface area contributed by atoms with E-state index >= 15 is 0 Å². The Morgan fingerprint density at radius 1 is 1.24 bits per heavy atom. The Balaban J connectivity index is 0.00000144. The van der Waals surface area contributed by atoms with Crippen LogP contribution < -0.4 is 5.73 Å². The summed E-state index contributed by atoms with van der Waals surface area (Å²) < 4.78 is 0. The van der Waals surface area contributed by atoms with Crippen LogP contribution in [0.5, 0.6) is 0 Å². The lowest BCUT2D eigenvalue weighted by Crippen LogP contribution is -2.49. The molecule has 0 radical (unpaired) electrons. The molecule has 0 aromatic heterocycles. The fourth-order valence-corrected chi connectivity index (χ4v) is 2.09. The maximum absolute atomic E-state index is 12.0. The van der Waals surface area contributed by atoms with Gasteiger partial charge >= 0.3 is 0 Å². The van der Waals surface area contributed by atoms with Gasteiger partial charge in [-0.05, 0) is 31.5 Å². The summed E-state index contributed by atoms with van der Waals surface area (Å²) in [7, 11) is 1.50. The summed E-state index contributed by atoms with van der Waals surface area (Å²) in [6.45, 7) is 3.63. The molecule has 0 aliphatic carbocycles. The molecule has 2 amide bonds. The highest BCUT2D eigenvalue weighted by Crippen LogP contribution is 2.34. The molecule has 2 N–H and O–H groups in total. The largest absolute Gasteiger partial charge is 0.399 e. The van der Waals surface area contributed by atoms with Crippen LogP contribution in [0.4, 0.5) is 5.69 Å². The number of nitrogen functional groups attached to an aromatic ring is 1. The number of rotatable bonds is 0. The van der Waals surface area contributed by atoms with Crippen molar-refractivity contribution in [1.82, 2.24) is 4.90 Å². The summed E-state index contributed by atoms with van der Waals surface area (Å²) in [5.41, 5.74) is 6.78. The number of imide groups is 1. The highest BCUT2D eigenvalue weighted by Gasteiger charge is 2.42.